The molecule has 8 heteroatoms. The predicted molar refractivity (Wildman–Crippen MR) is 68.1 cm³/mol. The van der Waals surface area contributed by atoms with Gasteiger partial charge in [-0.15, -0.1) is 11.3 Å². The van der Waals surface area contributed by atoms with Gasteiger partial charge < -0.3 is 10.4 Å². The monoisotopic (exact) mass is 298 g/mol. The van der Waals surface area contributed by atoms with E-state index in [9.17, 15) is 18.4 Å². The first-order valence-corrected chi connectivity index (χ1v) is 6.16. The van der Waals surface area contributed by atoms with Crippen LogP contribution in [0, 0.1) is 18.6 Å². The molecule has 0 fully saturated rings. The van der Waals surface area contributed by atoms with Crippen LogP contribution in [-0.4, -0.2) is 22.0 Å². The van der Waals surface area contributed by atoms with Gasteiger partial charge in [0.05, 0.1) is 22.5 Å². The van der Waals surface area contributed by atoms with Crippen molar-refractivity contribution in [2.24, 2.45) is 0 Å². The maximum Gasteiger partial charge on any atom is 0.337 e. The number of carbonyl (C=O) groups is 2. The molecule has 0 bridgehead atoms. The minimum absolute atomic E-state index is 0.239. The molecule has 5 nitrogen and oxygen atoms in total. The first-order chi connectivity index (χ1) is 9.38. The number of carboxylic acid groups (broad SMARTS) is 1. The second-order valence-electron chi connectivity index (χ2n) is 3.81. The van der Waals surface area contributed by atoms with Crippen LogP contribution in [0.25, 0.3) is 0 Å². The van der Waals surface area contributed by atoms with Crippen LogP contribution in [-0.2, 0) is 0 Å². The molecule has 0 aliphatic heterocycles. The van der Waals surface area contributed by atoms with Crippen molar-refractivity contribution in [3.8, 4) is 0 Å². The molecule has 20 heavy (non-hydrogen) atoms. The van der Waals surface area contributed by atoms with Gasteiger partial charge >= 0.3 is 5.97 Å². The smallest absolute Gasteiger partial charge is 0.337 e. The molecule has 1 heterocycles. The van der Waals surface area contributed by atoms with Crippen molar-refractivity contribution >= 4 is 28.9 Å². The van der Waals surface area contributed by atoms with Gasteiger partial charge in [0, 0.05) is 6.07 Å². The molecule has 0 spiro atoms. The number of anilines is 1. The number of rotatable bonds is 3. The molecule has 0 unspecified atom stereocenters. The Bertz CT molecular complexity index is 700. The van der Waals surface area contributed by atoms with Crippen LogP contribution in [0.2, 0.25) is 0 Å². The van der Waals surface area contributed by atoms with Crippen molar-refractivity contribution in [1.29, 1.82) is 0 Å². The van der Waals surface area contributed by atoms with Gasteiger partial charge in [-0.05, 0) is 13.0 Å². The Hall–Kier alpha value is -2.35. The van der Waals surface area contributed by atoms with Gasteiger partial charge in [0.2, 0.25) is 0 Å². The highest BCUT2D eigenvalue weighted by atomic mass is 32.1. The highest BCUT2D eigenvalue weighted by Gasteiger charge is 2.18. The highest BCUT2D eigenvalue weighted by molar-refractivity contribution is 7.13. The lowest BCUT2D eigenvalue weighted by molar-refractivity contribution is 0.0697. The third-order valence-electron chi connectivity index (χ3n) is 2.38. The minimum Gasteiger partial charge on any atom is -0.478 e. The van der Waals surface area contributed by atoms with Crippen LogP contribution < -0.4 is 5.32 Å². The lowest BCUT2D eigenvalue weighted by Gasteiger charge is -2.08. The molecular weight excluding hydrogens is 290 g/mol. The largest absolute Gasteiger partial charge is 0.478 e. The number of benzene rings is 1. The van der Waals surface area contributed by atoms with Crippen molar-refractivity contribution < 1.29 is 23.5 Å². The average Bonchev–Trinajstić information content (AvgIpc) is 2.80. The van der Waals surface area contributed by atoms with E-state index in [2.05, 4.69) is 10.3 Å². The Labute approximate surface area is 115 Å². The summed E-state index contributed by atoms with van der Waals surface area (Å²) in [7, 11) is 0. The van der Waals surface area contributed by atoms with E-state index in [0.717, 1.165) is 11.3 Å². The van der Waals surface area contributed by atoms with E-state index in [1.165, 1.54) is 6.20 Å². The first kappa shape index (κ1) is 14.1. The van der Waals surface area contributed by atoms with E-state index in [1.54, 1.807) is 6.92 Å². The normalized spacial score (nSPS) is 10.3. The molecule has 0 aliphatic rings. The van der Waals surface area contributed by atoms with Crippen LogP contribution >= 0.6 is 11.3 Å². The highest BCUT2D eigenvalue weighted by Crippen LogP contribution is 2.22. The number of thiazole rings is 1. The fourth-order valence-electron chi connectivity index (χ4n) is 1.48. The number of nitrogens with one attached hydrogen (secondary N) is 1. The predicted octanol–water partition coefficient (Wildman–Crippen LogP) is 2.68. The SMILES string of the molecule is Cc1ncc(C(=O)Nc2cc(F)c(F)cc2C(=O)O)s1. The Morgan fingerprint density at radius 3 is 2.50 bits per heavy atom. The van der Waals surface area contributed by atoms with Gasteiger partial charge in [-0.2, -0.15) is 0 Å². The summed E-state index contributed by atoms with van der Waals surface area (Å²) in [6, 6.07) is 1.15. The number of aromatic nitrogens is 1. The van der Waals surface area contributed by atoms with Crippen molar-refractivity contribution in [3.63, 3.8) is 0 Å². The molecule has 1 amide bonds. The maximum absolute atomic E-state index is 13.2. The number of hydrogen-bond donors (Lipinski definition) is 2. The second kappa shape index (κ2) is 5.33. The molecule has 0 aliphatic carbocycles. The lowest BCUT2D eigenvalue weighted by atomic mass is 10.1. The molecule has 2 aromatic rings. The molecule has 0 radical (unpaired) electrons. The summed E-state index contributed by atoms with van der Waals surface area (Å²) in [5.41, 5.74) is -0.842. The first-order valence-electron chi connectivity index (χ1n) is 5.34. The van der Waals surface area contributed by atoms with E-state index in [1.807, 2.05) is 0 Å². The molecule has 104 valence electrons. The van der Waals surface area contributed by atoms with E-state index < -0.39 is 29.1 Å². The summed E-state index contributed by atoms with van der Waals surface area (Å²) in [6.07, 6.45) is 1.32. The maximum atomic E-state index is 13.2. The lowest BCUT2D eigenvalue weighted by Crippen LogP contribution is -2.14. The summed E-state index contributed by atoms with van der Waals surface area (Å²) in [4.78, 5) is 26.9. The minimum atomic E-state index is -1.47. The Morgan fingerprint density at radius 1 is 1.30 bits per heavy atom. The van der Waals surface area contributed by atoms with Gasteiger partial charge in [0.15, 0.2) is 11.6 Å². The number of aromatic carboxylic acids is 1. The zero-order valence-corrected chi connectivity index (χ0v) is 10.9. The quantitative estimate of drug-likeness (QED) is 0.913. The van der Waals surface area contributed by atoms with E-state index in [-0.39, 0.29) is 10.6 Å². The van der Waals surface area contributed by atoms with Crippen molar-refractivity contribution in [2.75, 3.05) is 5.32 Å². The zero-order valence-electron chi connectivity index (χ0n) is 10.1. The van der Waals surface area contributed by atoms with Gasteiger partial charge in [0.25, 0.3) is 5.91 Å². The van der Waals surface area contributed by atoms with Crippen LogP contribution in [0.15, 0.2) is 18.3 Å². The van der Waals surface area contributed by atoms with Crippen molar-refractivity contribution in [2.45, 2.75) is 6.92 Å². The number of carboxylic acids is 1. The molecule has 0 saturated carbocycles. The molecule has 1 aromatic carbocycles. The van der Waals surface area contributed by atoms with Gasteiger partial charge in [-0.3, -0.25) is 4.79 Å². The van der Waals surface area contributed by atoms with Gasteiger partial charge in [-0.1, -0.05) is 0 Å². The summed E-state index contributed by atoms with van der Waals surface area (Å²) in [5, 5.41) is 11.8. The second-order valence-corrected chi connectivity index (χ2v) is 5.05. The average molecular weight is 298 g/mol. The topological polar surface area (TPSA) is 79.3 Å². The molecule has 0 atom stereocenters. The summed E-state index contributed by atoms with van der Waals surface area (Å²) in [5.74, 6) is -4.65. The Morgan fingerprint density at radius 2 is 1.95 bits per heavy atom. The van der Waals surface area contributed by atoms with Gasteiger partial charge in [0.1, 0.15) is 4.88 Å². The van der Waals surface area contributed by atoms with E-state index in [4.69, 9.17) is 5.11 Å². The van der Waals surface area contributed by atoms with Crippen LogP contribution in [0.3, 0.4) is 0 Å². The molecule has 1 aromatic heterocycles. The molecule has 0 saturated heterocycles. The van der Waals surface area contributed by atoms with Crippen molar-refractivity contribution in [1.82, 2.24) is 4.98 Å². The molecule has 2 rings (SSSR count). The number of carbonyl (C=O) groups excluding carboxylic acids is 1. The Kier molecular flexibility index (Phi) is 3.75. The summed E-state index contributed by atoms with van der Waals surface area (Å²) >= 11 is 1.10. The fourth-order valence-corrected chi connectivity index (χ4v) is 2.15. The molecular formula is C12H8F2N2O3S. The zero-order chi connectivity index (χ0) is 14.9. The fraction of sp³-hybridized carbons (Fsp3) is 0.0833. The summed E-state index contributed by atoms with van der Waals surface area (Å²) in [6.45, 7) is 1.70. The van der Waals surface area contributed by atoms with E-state index in [0.29, 0.717) is 17.1 Å². The number of amides is 1. The standard InChI is InChI=1S/C12H8F2N2O3S/c1-5-15-4-10(20-5)11(17)16-9-3-8(14)7(13)2-6(9)12(18)19/h2-4H,1H3,(H,16,17)(H,18,19). The number of hydrogen-bond acceptors (Lipinski definition) is 4. The molecule has 2 N–H and O–H groups in total. The Balaban J connectivity index is 2.35. The van der Waals surface area contributed by atoms with Gasteiger partial charge in [-0.25, -0.2) is 18.6 Å². The van der Waals surface area contributed by atoms with Crippen LogP contribution in [0.5, 0.6) is 0 Å². The van der Waals surface area contributed by atoms with Crippen molar-refractivity contribution in [3.05, 3.63) is 45.4 Å². The number of halogens is 2. The van der Waals surface area contributed by atoms with Crippen LogP contribution in [0.4, 0.5) is 14.5 Å². The number of nitrogens with zero attached hydrogens (tertiary/aromatic N) is 1. The van der Waals surface area contributed by atoms with E-state index >= 15 is 0 Å². The third-order valence-corrected chi connectivity index (χ3v) is 3.30. The third kappa shape index (κ3) is 2.80. The number of aryl methyl sites for hydroxylation is 1. The van der Waals surface area contributed by atoms with Crippen LogP contribution in [0.1, 0.15) is 25.0 Å². The summed E-state index contributed by atoms with van der Waals surface area (Å²) < 4.78 is 26.2.